The number of nitrogens with one attached hydrogen (secondary N) is 1. The highest BCUT2D eigenvalue weighted by atomic mass is 16.5. The van der Waals surface area contributed by atoms with Crippen molar-refractivity contribution < 1.29 is 14.3 Å². The zero-order chi connectivity index (χ0) is 17.3. The SMILES string of the molecule is COc1ccc(C(=O)NC2CC(C)(C)Oc3ccccc32)cc1C. The molecule has 24 heavy (non-hydrogen) atoms. The fourth-order valence-corrected chi connectivity index (χ4v) is 3.19. The molecule has 0 saturated carbocycles. The van der Waals surface area contributed by atoms with E-state index in [1.165, 1.54) is 0 Å². The molecule has 0 spiro atoms. The van der Waals surface area contributed by atoms with Gasteiger partial charge in [0.2, 0.25) is 0 Å². The van der Waals surface area contributed by atoms with Gasteiger partial charge in [-0.25, -0.2) is 0 Å². The molecule has 0 saturated heterocycles. The lowest BCUT2D eigenvalue weighted by molar-refractivity contribution is 0.0619. The highest BCUT2D eigenvalue weighted by molar-refractivity contribution is 5.95. The van der Waals surface area contributed by atoms with Crippen molar-refractivity contribution in [1.82, 2.24) is 5.32 Å². The summed E-state index contributed by atoms with van der Waals surface area (Å²) < 4.78 is 11.3. The van der Waals surface area contributed by atoms with Gasteiger partial charge in [0.05, 0.1) is 13.2 Å². The molecule has 126 valence electrons. The molecule has 4 nitrogen and oxygen atoms in total. The normalized spacial score (nSPS) is 18.2. The van der Waals surface area contributed by atoms with Crippen LogP contribution >= 0.6 is 0 Å². The number of benzene rings is 2. The molecule has 1 heterocycles. The molecule has 2 aromatic carbocycles. The standard InChI is InChI=1S/C20H23NO3/c1-13-11-14(9-10-17(13)23-4)19(22)21-16-12-20(2,3)24-18-8-6-5-7-15(16)18/h5-11,16H,12H2,1-4H3,(H,21,22). The van der Waals surface area contributed by atoms with Crippen LogP contribution in [0.3, 0.4) is 0 Å². The first-order chi connectivity index (χ1) is 11.4. The molecular weight excluding hydrogens is 302 g/mol. The smallest absolute Gasteiger partial charge is 0.251 e. The van der Waals surface area contributed by atoms with Crippen molar-refractivity contribution in [1.29, 1.82) is 0 Å². The van der Waals surface area contributed by atoms with E-state index in [9.17, 15) is 4.79 Å². The number of amides is 1. The Hall–Kier alpha value is -2.49. The van der Waals surface area contributed by atoms with E-state index >= 15 is 0 Å². The van der Waals surface area contributed by atoms with Gasteiger partial charge in [0.15, 0.2) is 0 Å². The van der Waals surface area contributed by atoms with Crippen LogP contribution in [0.2, 0.25) is 0 Å². The van der Waals surface area contributed by atoms with Crippen LogP contribution in [0.5, 0.6) is 11.5 Å². The molecule has 1 unspecified atom stereocenters. The number of ether oxygens (including phenoxy) is 2. The van der Waals surface area contributed by atoms with Crippen molar-refractivity contribution in [3.05, 3.63) is 59.2 Å². The number of rotatable bonds is 3. The summed E-state index contributed by atoms with van der Waals surface area (Å²) in [6.45, 7) is 6.02. The van der Waals surface area contributed by atoms with E-state index < -0.39 is 0 Å². The molecule has 0 bridgehead atoms. The van der Waals surface area contributed by atoms with E-state index in [1.54, 1.807) is 13.2 Å². The maximum Gasteiger partial charge on any atom is 0.251 e. The zero-order valence-electron chi connectivity index (χ0n) is 14.6. The zero-order valence-corrected chi connectivity index (χ0v) is 14.6. The topological polar surface area (TPSA) is 47.6 Å². The highest BCUT2D eigenvalue weighted by Crippen LogP contribution is 2.39. The number of aryl methyl sites for hydroxylation is 1. The van der Waals surface area contributed by atoms with Crippen LogP contribution in [0.4, 0.5) is 0 Å². The van der Waals surface area contributed by atoms with Crippen LogP contribution < -0.4 is 14.8 Å². The maximum atomic E-state index is 12.7. The Balaban J connectivity index is 1.85. The van der Waals surface area contributed by atoms with Crippen LogP contribution in [0.1, 0.15) is 47.8 Å². The van der Waals surface area contributed by atoms with Gasteiger partial charge in [-0.15, -0.1) is 0 Å². The maximum absolute atomic E-state index is 12.7. The second kappa shape index (κ2) is 6.19. The Kier molecular flexibility index (Phi) is 4.22. The Morgan fingerprint density at radius 3 is 2.71 bits per heavy atom. The second-order valence-electron chi connectivity index (χ2n) is 6.81. The summed E-state index contributed by atoms with van der Waals surface area (Å²) in [5.74, 6) is 1.53. The third kappa shape index (κ3) is 3.23. The van der Waals surface area contributed by atoms with E-state index in [1.807, 2.05) is 57.2 Å². The van der Waals surface area contributed by atoms with E-state index in [-0.39, 0.29) is 17.6 Å². The highest BCUT2D eigenvalue weighted by Gasteiger charge is 2.34. The molecule has 0 aliphatic carbocycles. The lowest BCUT2D eigenvalue weighted by atomic mass is 9.89. The molecule has 1 N–H and O–H groups in total. The Labute approximate surface area is 142 Å². The molecule has 2 aromatic rings. The summed E-state index contributed by atoms with van der Waals surface area (Å²) in [5.41, 5.74) is 2.28. The average Bonchev–Trinajstić information content (AvgIpc) is 2.53. The molecule has 0 fully saturated rings. The monoisotopic (exact) mass is 325 g/mol. The molecule has 4 heteroatoms. The first-order valence-electron chi connectivity index (χ1n) is 8.13. The van der Waals surface area contributed by atoms with E-state index in [0.717, 1.165) is 29.0 Å². The van der Waals surface area contributed by atoms with Gasteiger partial charge in [-0.2, -0.15) is 0 Å². The number of hydrogen-bond acceptors (Lipinski definition) is 3. The van der Waals surface area contributed by atoms with Crippen molar-refractivity contribution in [3.63, 3.8) is 0 Å². The number of carbonyl (C=O) groups is 1. The minimum Gasteiger partial charge on any atom is -0.496 e. The molecule has 1 atom stereocenters. The fraction of sp³-hybridized carbons (Fsp3) is 0.350. The third-order valence-corrected chi connectivity index (χ3v) is 4.34. The van der Waals surface area contributed by atoms with Gasteiger partial charge in [-0.05, 0) is 50.6 Å². The quantitative estimate of drug-likeness (QED) is 0.926. The van der Waals surface area contributed by atoms with Crippen LogP contribution in [-0.4, -0.2) is 18.6 Å². The first kappa shape index (κ1) is 16.4. The van der Waals surface area contributed by atoms with Crippen molar-refractivity contribution in [2.45, 2.75) is 38.8 Å². The summed E-state index contributed by atoms with van der Waals surface area (Å²) in [6, 6.07) is 13.3. The summed E-state index contributed by atoms with van der Waals surface area (Å²) in [6.07, 6.45) is 0.727. The van der Waals surface area contributed by atoms with Crippen molar-refractivity contribution in [2.24, 2.45) is 0 Å². The average molecular weight is 325 g/mol. The van der Waals surface area contributed by atoms with Gasteiger partial charge in [0, 0.05) is 17.5 Å². The van der Waals surface area contributed by atoms with Crippen molar-refractivity contribution >= 4 is 5.91 Å². The molecular formula is C20H23NO3. The summed E-state index contributed by atoms with van der Waals surface area (Å²) in [4.78, 5) is 12.7. The fourth-order valence-electron chi connectivity index (χ4n) is 3.19. The Bertz CT molecular complexity index is 767. The minimum atomic E-state index is -0.317. The number of hydrogen-bond donors (Lipinski definition) is 1. The van der Waals surface area contributed by atoms with Gasteiger partial charge in [-0.1, -0.05) is 18.2 Å². The second-order valence-corrected chi connectivity index (χ2v) is 6.81. The predicted octanol–water partition coefficient (Wildman–Crippen LogP) is 4.04. The van der Waals surface area contributed by atoms with Gasteiger partial charge >= 0.3 is 0 Å². The first-order valence-corrected chi connectivity index (χ1v) is 8.13. The van der Waals surface area contributed by atoms with Crippen molar-refractivity contribution in [3.8, 4) is 11.5 Å². The van der Waals surface area contributed by atoms with Crippen molar-refractivity contribution in [2.75, 3.05) is 7.11 Å². The molecule has 0 aromatic heterocycles. The van der Waals surface area contributed by atoms with Crippen LogP contribution in [0, 0.1) is 6.92 Å². The van der Waals surface area contributed by atoms with E-state index in [4.69, 9.17) is 9.47 Å². The largest absolute Gasteiger partial charge is 0.496 e. The molecule has 1 amide bonds. The van der Waals surface area contributed by atoms with Crippen LogP contribution in [0.25, 0.3) is 0 Å². The van der Waals surface area contributed by atoms with E-state index in [0.29, 0.717) is 5.56 Å². The third-order valence-electron chi connectivity index (χ3n) is 4.34. The van der Waals surface area contributed by atoms with Gasteiger partial charge in [0.25, 0.3) is 5.91 Å². The number of fused-ring (bicyclic) bond motifs is 1. The number of methoxy groups -OCH3 is 1. The van der Waals surface area contributed by atoms with Gasteiger partial charge in [0.1, 0.15) is 17.1 Å². The van der Waals surface area contributed by atoms with Gasteiger partial charge < -0.3 is 14.8 Å². The van der Waals surface area contributed by atoms with Gasteiger partial charge in [-0.3, -0.25) is 4.79 Å². The Morgan fingerprint density at radius 1 is 1.25 bits per heavy atom. The summed E-state index contributed by atoms with van der Waals surface area (Å²) in [7, 11) is 1.63. The lowest BCUT2D eigenvalue weighted by Crippen LogP contribution is -2.41. The molecule has 1 aliphatic heterocycles. The number of carbonyl (C=O) groups excluding carboxylic acids is 1. The minimum absolute atomic E-state index is 0.0696. The molecule has 3 rings (SSSR count). The predicted molar refractivity (Wildman–Crippen MR) is 93.7 cm³/mol. The summed E-state index contributed by atoms with van der Waals surface area (Å²) >= 11 is 0. The van der Waals surface area contributed by atoms with Crippen LogP contribution in [-0.2, 0) is 0 Å². The molecule has 1 aliphatic rings. The lowest BCUT2D eigenvalue weighted by Gasteiger charge is -2.37. The van der Waals surface area contributed by atoms with Crippen LogP contribution in [0.15, 0.2) is 42.5 Å². The van der Waals surface area contributed by atoms with E-state index in [2.05, 4.69) is 5.32 Å². The molecule has 0 radical (unpaired) electrons. The number of para-hydroxylation sites is 1. The summed E-state index contributed by atoms with van der Waals surface area (Å²) in [5, 5.41) is 3.15. The Morgan fingerprint density at radius 2 is 2.00 bits per heavy atom.